The lowest BCUT2D eigenvalue weighted by molar-refractivity contribution is -0.137. The summed E-state index contributed by atoms with van der Waals surface area (Å²) in [7, 11) is 0. The molecule has 0 saturated carbocycles. The summed E-state index contributed by atoms with van der Waals surface area (Å²) >= 11 is 2.07. The molecule has 0 aromatic rings. The van der Waals surface area contributed by atoms with Crippen LogP contribution in [-0.2, 0) is 4.79 Å². The Labute approximate surface area is 113 Å². The fourth-order valence-corrected chi connectivity index (χ4v) is 5.19. The van der Waals surface area contributed by atoms with Crippen LogP contribution in [-0.4, -0.2) is 33.3 Å². The minimum Gasteiger partial charge on any atom is -0.481 e. The van der Waals surface area contributed by atoms with Crippen LogP contribution in [0.1, 0.15) is 38.5 Å². The summed E-state index contributed by atoms with van der Waals surface area (Å²) < 4.78 is 0. The van der Waals surface area contributed by atoms with Gasteiger partial charge in [-0.05, 0) is 43.9 Å². The van der Waals surface area contributed by atoms with Gasteiger partial charge in [-0.15, -0.1) is 0 Å². The maximum atomic E-state index is 10.4. The number of carboxylic acid groups (broad SMARTS) is 1. The van der Waals surface area contributed by atoms with Crippen LogP contribution in [0.4, 0.5) is 0 Å². The van der Waals surface area contributed by atoms with E-state index >= 15 is 0 Å². The molecule has 2 saturated heterocycles. The second kappa shape index (κ2) is 6.62. The van der Waals surface area contributed by atoms with Crippen LogP contribution >= 0.6 is 11.8 Å². The molecule has 0 radical (unpaired) electrons. The summed E-state index contributed by atoms with van der Waals surface area (Å²) in [4.78, 5) is 10.4. The van der Waals surface area contributed by atoms with Crippen molar-refractivity contribution in [2.45, 2.75) is 49.0 Å². The van der Waals surface area contributed by atoms with E-state index in [4.69, 9.17) is 5.11 Å². The van der Waals surface area contributed by atoms with Crippen LogP contribution in [0.5, 0.6) is 0 Å². The summed E-state index contributed by atoms with van der Waals surface area (Å²) in [6, 6.07) is 0. The van der Waals surface area contributed by atoms with E-state index in [1.54, 1.807) is 0 Å². The number of aliphatic carboxylic acids is 1. The van der Waals surface area contributed by atoms with Gasteiger partial charge in [0.25, 0.3) is 0 Å². The van der Waals surface area contributed by atoms with Gasteiger partial charge in [-0.2, -0.15) is 11.8 Å². The molecule has 0 unspecified atom stereocenters. The molecule has 102 valence electrons. The summed E-state index contributed by atoms with van der Waals surface area (Å²) in [5, 5.41) is 19.4. The van der Waals surface area contributed by atoms with E-state index in [0.29, 0.717) is 23.7 Å². The smallest absolute Gasteiger partial charge is 0.303 e. The molecule has 2 aliphatic heterocycles. The van der Waals surface area contributed by atoms with Gasteiger partial charge >= 0.3 is 5.97 Å². The molecule has 18 heavy (non-hydrogen) atoms. The van der Waals surface area contributed by atoms with E-state index in [2.05, 4.69) is 23.9 Å². The molecule has 2 bridgehead atoms. The third-order valence-electron chi connectivity index (χ3n) is 4.14. The zero-order valence-corrected chi connectivity index (χ0v) is 11.4. The Morgan fingerprint density at radius 1 is 1.22 bits per heavy atom. The molecule has 2 N–H and O–H groups in total. The van der Waals surface area contributed by atoms with E-state index in [9.17, 15) is 9.90 Å². The summed E-state index contributed by atoms with van der Waals surface area (Å²) in [6.45, 7) is 0.325. The molecular formula is C14H22O3S. The van der Waals surface area contributed by atoms with E-state index in [0.717, 1.165) is 24.5 Å². The average Bonchev–Trinajstić information content (AvgIpc) is 2.93. The van der Waals surface area contributed by atoms with Crippen molar-refractivity contribution >= 4 is 17.7 Å². The van der Waals surface area contributed by atoms with Crippen molar-refractivity contribution in [3.05, 3.63) is 12.2 Å². The molecule has 0 amide bonds. The summed E-state index contributed by atoms with van der Waals surface area (Å²) in [5.74, 6) is 0.403. The van der Waals surface area contributed by atoms with E-state index in [1.807, 2.05) is 0 Å². The SMILES string of the molecule is O=C(O)CCCC=CC[C@H]1[C@@H](CO)[C@H]2CC[C@@H]1S2. The maximum absolute atomic E-state index is 10.4. The summed E-state index contributed by atoms with van der Waals surface area (Å²) in [6.07, 6.45) is 9.76. The lowest BCUT2D eigenvalue weighted by Gasteiger charge is -2.27. The topological polar surface area (TPSA) is 57.5 Å². The Morgan fingerprint density at radius 2 is 1.94 bits per heavy atom. The number of hydrogen-bond donors (Lipinski definition) is 2. The molecule has 2 rings (SSSR count). The first kappa shape index (κ1) is 13.9. The van der Waals surface area contributed by atoms with Crippen molar-refractivity contribution in [1.29, 1.82) is 0 Å². The standard InChI is InChI=1S/C14H22O3S/c15-9-11-10(12-7-8-13(11)18-12)5-3-1-2-4-6-14(16)17/h1,3,10-13,15H,2,4-9H2,(H,16,17)/t10-,11+,12-,13+/m0/s1. The van der Waals surface area contributed by atoms with Crippen molar-refractivity contribution in [3.63, 3.8) is 0 Å². The third kappa shape index (κ3) is 3.29. The second-order valence-electron chi connectivity index (χ2n) is 5.29. The monoisotopic (exact) mass is 270 g/mol. The van der Waals surface area contributed by atoms with Gasteiger partial charge in [-0.3, -0.25) is 4.79 Å². The van der Waals surface area contributed by atoms with E-state index in [-0.39, 0.29) is 6.42 Å². The molecule has 0 aromatic heterocycles. The second-order valence-corrected chi connectivity index (χ2v) is 6.78. The molecular weight excluding hydrogens is 248 g/mol. The number of aliphatic hydroxyl groups is 1. The molecule has 0 aliphatic carbocycles. The van der Waals surface area contributed by atoms with Crippen LogP contribution < -0.4 is 0 Å². The van der Waals surface area contributed by atoms with Gasteiger partial charge in [0.15, 0.2) is 0 Å². The largest absolute Gasteiger partial charge is 0.481 e. The highest BCUT2D eigenvalue weighted by Crippen LogP contribution is 2.53. The minimum absolute atomic E-state index is 0.258. The number of aliphatic hydroxyl groups excluding tert-OH is 1. The number of carbonyl (C=O) groups is 1. The molecule has 4 heteroatoms. The third-order valence-corrected chi connectivity index (χ3v) is 6.01. The summed E-state index contributed by atoms with van der Waals surface area (Å²) in [5.41, 5.74) is 0. The van der Waals surface area contributed by atoms with Crippen molar-refractivity contribution in [2.75, 3.05) is 6.61 Å². The number of thioether (sulfide) groups is 1. The fraction of sp³-hybridized carbons (Fsp3) is 0.786. The van der Waals surface area contributed by atoms with E-state index in [1.165, 1.54) is 12.8 Å². The van der Waals surface area contributed by atoms with Crippen LogP contribution in [0.3, 0.4) is 0 Å². The molecule has 0 spiro atoms. The van der Waals surface area contributed by atoms with Gasteiger partial charge in [-0.25, -0.2) is 0 Å². The van der Waals surface area contributed by atoms with Gasteiger partial charge in [-0.1, -0.05) is 12.2 Å². The minimum atomic E-state index is -0.715. The van der Waals surface area contributed by atoms with Gasteiger partial charge in [0, 0.05) is 23.5 Å². The van der Waals surface area contributed by atoms with Gasteiger partial charge in [0.1, 0.15) is 0 Å². The molecule has 0 aromatic carbocycles. The van der Waals surface area contributed by atoms with Crippen molar-refractivity contribution in [2.24, 2.45) is 11.8 Å². The Bertz CT molecular complexity index is 316. The predicted molar refractivity (Wildman–Crippen MR) is 73.7 cm³/mol. The first-order valence-corrected chi connectivity index (χ1v) is 7.79. The Balaban J connectivity index is 1.69. The molecule has 2 heterocycles. The highest BCUT2D eigenvalue weighted by atomic mass is 32.2. The van der Waals surface area contributed by atoms with E-state index < -0.39 is 5.97 Å². The first-order chi connectivity index (χ1) is 8.72. The van der Waals surface area contributed by atoms with Crippen LogP contribution in [0.2, 0.25) is 0 Å². The first-order valence-electron chi connectivity index (χ1n) is 6.85. The van der Waals surface area contributed by atoms with Crippen LogP contribution in [0, 0.1) is 11.8 Å². The van der Waals surface area contributed by atoms with Crippen molar-refractivity contribution in [3.8, 4) is 0 Å². The number of hydrogen-bond acceptors (Lipinski definition) is 3. The zero-order valence-electron chi connectivity index (χ0n) is 10.6. The predicted octanol–water partition coefficient (Wildman–Crippen LogP) is 2.69. The van der Waals surface area contributed by atoms with Crippen molar-refractivity contribution < 1.29 is 15.0 Å². The Morgan fingerprint density at radius 3 is 2.61 bits per heavy atom. The van der Waals surface area contributed by atoms with Crippen molar-refractivity contribution in [1.82, 2.24) is 0 Å². The lowest BCUT2D eigenvalue weighted by atomic mass is 9.78. The van der Waals surface area contributed by atoms with Crippen LogP contribution in [0.25, 0.3) is 0 Å². The molecule has 4 atom stereocenters. The van der Waals surface area contributed by atoms with Gasteiger partial charge < -0.3 is 10.2 Å². The number of allylic oxidation sites excluding steroid dienone is 2. The average molecular weight is 270 g/mol. The van der Waals surface area contributed by atoms with Gasteiger partial charge in [0.2, 0.25) is 0 Å². The quantitative estimate of drug-likeness (QED) is 0.551. The highest BCUT2D eigenvalue weighted by molar-refractivity contribution is 8.01. The Kier molecular flexibility index (Phi) is 5.13. The Hall–Kier alpha value is -0.480. The number of unbranched alkanes of at least 4 members (excludes halogenated alkanes) is 1. The maximum Gasteiger partial charge on any atom is 0.303 e. The van der Waals surface area contributed by atoms with Crippen LogP contribution in [0.15, 0.2) is 12.2 Å². The fourth-order valence-electron chi connectivity index (χ4n) is 3.19. The van der Waals surface area contributed by atoms with Gasteiger partial charge in [0.05, 0.1) is 0 Å². The molecule has 2 fully saturated rings. The highest BCUT2D eigenvalue weighted by Gasteiger charge is 2.46. The molecule has 2 aliphatic rings. The zero-order chi connectivity index (χ0) is 13.0. The number of fused-ring (bicyclic) bond motifs is 2. The number of rotatable bonds is 7. The number of carboxylic acids is 1. The lowest BCUT2D eigenvalue weighted by Crippen LogP contribution is -2.29. The normalized spacial score (nSPS) is 34.5. The molecule has 3 nitrogen and oxygen atoms in total.